The Bertz CT molecular complexity index is 1130. The Kier molecular flexibility index (Phi) is 6.37. The van der Waals surface area contributed by atoms with Crippen LogP contribution in [-0.4, -0.2) is 29.8 Å². The minimum absolute atomic E-state index is 0.321. The van der Waals surface area contributed by atoms with Crippen molar-refractivity contribution in [3.8, 4) is 5.69 Å². The van der Waals surface area contributed by atoms with E-state index in [9.17, 15) is 9.59 Å². The van der Waals surface area contributed by atoms with Crippen molar-refractivity contribution < 1.29 is 14.3 Å². The molecule has 0 saturated carbocycles. The molecule has 0 spiro atoms. The third kappa shape index (κ3) is 4.44. The predicted molar refractivity (Wildman–Crippen MR) is 118 cm³/mol. The Morgan fingerprint density at radius 1 is 1.03 bits per heavy atom. The summed E-state index contributed by atoms with van der Waals surface area (Å²) in [6.07, 6.45) is 1.60. The lowest BCUT2D eigenvalue weighted by Crippen LogP contribution is -2.17. The summed E-state index contributed by atoms with van der Waals surface area (Å²) < 4.78 is 6.88. The zero-order chi connectivity index (χ0) is 21.8. The summed E-state index contributed by atoms with van der Waals surface area (Å²) in [5.41, 5.74) is 8.14. The number of amides is 1. The highest BCUT2D eigenvalue weighted by Gasteiger charge is 2.14. The molecule has 154 valence electrons. The smallest absolute Gasteiger partial charge is 0.337 e. The van der Waals surface area contributed by atoms with E-state index >= 15 is 0 Å². The predicted octanol–water partition coefficient (Wildman–Crippen LogP) is 4.61. The van der Waals surface area contributed by atoms with Crippen LogP contribution in [0.2, 0.25) is 5.02 Å². The summed E-state index contributed by atoms with van der Waals surface area (Å²) >= 11 is 5.84. The highest BCUT2D eigenvalue weighted by atomic mass is 35.5. The lowest BCUT2D eigenvalue weighted by Gasteiger charge is -2.14. The summed E-state index contributed by atoms with van der Waals surface area (Å²) in [6.45, 7) is 5.91. The van der Waals surface area contributed by atoms with Gasteiger partial charge in [0.25, 0.3) is 5.91 Å². The van der Waals surface area contributed by atoms with Crippen molar-refractivity contribution in [1.29, 1.82) is 0 Å². The number of carbonyl (C=O) groups is 2. The van der Waals surface area contributed by atoms with Gasteiger partial charge in [0.1, 0.15) is 0 Å². The molecule has 1 amide bonds. The lowest BCUT2D eigenvalue weighted by molar-refractivity contribution is 0.0600. The van der Waals surface area contributed by atoms with Crippen molar-refractivity contribution >= 4 is 29.7 Å². The number of methoxy groups -OCH3 is 1. The highest BCUT2D eigenvalue weighted by molar-refractivity contribution is 6.30. The van der Waals surface area contributed by atoms with Crippen LogP contribution in [0.5, 0.6) is 0 Å². The van der Waals surface area contributed by atoms with Crippen molar-refractivity contribution in [2.24, 2.45) is 5.10 Å². The molecule has 0 saturated heterocycles. The standard InChI is InChI=1S/C23H22ClN3O3/c1-14-5-6-18(23(29)30-4)12-21(14)27-15(2)11-19(16(27)3)13-25-26-22(28)17-7-9-20(24)10-8-17/h5-13H,1-4H3,(H,26,28)/b25-13-. The number of aryl methyl sites for hydroxylation is 2. The van der Waals surface area contributed by atoms with Crippen LogP contribution in [0.3, 0.4) is 0 Å². The number of aromatic nitrogens is 1. The highest BCUT2D eigenvalue weighted by Crippen LogP contribution is 2.24. The molecule has 6 nitrogen and oxygen atoms in total. The fourth-order valence-corrected chi connectivity index (χ4v) is 3.34. The quantitative estimate of drug-likeness (QED) is 0.370. The molecule has 0 radical (unpaired) electrons. The van der Waals surface area contributed by atoms with Gasteiger partial charge in [-0.2, -0.15) is 5.10 Å². The van der Waals surface area contributed by atoms with Gasteiger partial charge in [0, 0.05) is 33.2 Å². The van der Waals surface area contributed by atoms with Gasteiger partial charge in [0.15, 0.2) is 0 Å². The molecule has 3 aromatic rings. The van der Waals surface area contributed by atoms with E-state index in [1.807, 2.05) is 43.5 Å². The first-order valence-corrected chi connectivity index (χ1v) is 9.67. The Labute approximate surface area is 180 Å². The second kappa shape index (κ2) is 8.97. The van der Waals surface area contributed by atoms with Crippen LogP contribution in [-0.2, 0) is 4.74 Å². The molecule has 0 atom stereocenters. The van der Waals surface area contributed by atoms with Gasteiger partial charge < -0.3 is 9.30 Å². The van der Waals surface area contributed by atoms with Gasteiger partial charge >= 0.3 is 5.97 Å². The summed E-state index contributed by atoms with van der Waals surface area (Å²) in [5, 5.41) is 4.65. The number of ether oxygens (including phenoxy) is 1. The molecule has 1 heterocycles. The van der Waals surface area contributed by atoms with Crippen LogP contribution in [0.25, 0.3) is 5.69 Å². The Hall–Kier alpha value is -3.38. The summed E-state index contributed by atoms with van der Waals surface area (Å²) in [7, 11) is 1.36. The molecule has 0 bridgehead atoms. The van der Waals surface area contributed by atoms with Crippen molar-refractivity contribution in [2.75, 3.05) is 7.11 Å². The SMILES string of the molecule is COC(=O)c1ccc(C)c(-n2c(C)cc(/C=N\NC(=O)c3ccc(Cl)cc3)c2C)c1. The Morgan fingerprint density at radius 2 is 1.70 bits per heavy atom. The molecule has 0 aliphatic rings. The van der Waals surface area contributed by atoms with E-state index in [4.69, 9.17) is 16.3 Å². The molecule has 0 aliphatic carbocycles. The van der Waals surface area contributed by atoms with Gasteiger partial charge in [-0.05, 0) is 68.8 Å². The maximum Gasteiger partial charge on any atom is 0.337 e. The second-order valence-electron chi connectivity index (χ2n) is 6.86. The van der Waals surface area contributed by atoms with E-state index in [1.165, 1.54) is 7.11 Å². The van der Waals surface area contributed by atoms with Crippen molar-refractivity contribution in [2.45, 2.75) is 20.8 Å². The topological polar surface area (TPSA) is 72.7 Å². The summed E-state index contributed by atoms with van der Waals surface area (Å²) in [6, 6.07) is 14.0. The van der Waals surface area contributed by atoms with Crippen LogP contribution in [0, 0.1) is 20.8 Å². The monoisotopic (exact) mass is 423 g/mol. The minimum atomic E-state index is -0.384. The number of nitrogens with zero attached hydrogens (tertiary/aromatic N) is 2. The normalized spacial score (nSPS) is 11.0. The molecule has 0 aliphatic heterocycles. The number of halogens is 1. The molecule has 1 N–H and O–H groups in total. The summed E-state index contributed by atoms with van der Waals surface area (Å²) in [4.78, 5) is 24.1. The van der Waals surface area contributed by atoms with Crippen LogP contribution in [0.1, 0.15) is 43.2 Å². The first-order valence-electron chi connectivity index (χ1n) is 9.29. The van der Waals surface area contributed by atoms with Crippen molar-refractivity contribution in [3.05, 3.63) is 87.2 Å². The van der Waals surface area contributed by atoms with Gasteiger partial charge in [-0.25, -0.2) is 10.2 Å². The molecular weight excluding hydrogens is 402 g/mol. The number of carbonyl (C=O) groups excluding carboxylic acids is 2. The van der Waals surface area contributed by atoms with Crippen LogP contribution in [0.4, 0.5) is 0 Å². The van der Waals surface area contributed by atoms with E-state index in [1.54, 1.807) is 36.5 Å². The zero-order valence-electron chi connectivity index (χ0n) is 17.2. The molecule has 2 aromatic carbocycles. The Morgan fingerprint density at radius 3 is 2.37 bits per heavy atom. The number of hydrogen-bond donors (Lipinski definition) is 1. The maximum absolute atomic E-state index is 12.2. The third-order valence-corrected chi connectivity index (χ3v) is 5.07. The van der Waals surface area contributed by atoms with E-state index in [0.717, 1.165) is 28.2 Å². The van der Waals surface area contributed by atoms with Gasteiger partial charge in [0.2, 0.25) is 0 Å². The second-order valence-corrected chi connectivity index (χ2v) is 7.30. The van der Waals surface area contributed by atoms with Gasteiger partial charge in [0.05, 0.1) is 18.9 Å². The third-order valence-electron chi connectivity index (χ3n) is 4.82. The molecule has 0 unspecified atom stereocenters. The van der Waals surface area contributed by atoms with E-state index in [-0.39, 0.29) is 11.9 Å². The van der Waals surface area contributed by atoms with Crippen molar-refractivity contribution in [1.82, 2.24) is 9.99 Å². The van der Waals surface area contributed by atoms with Crippen LogP contribution in [0.15, 0.2) is 53.6 Å². The number of esters is 1. The number of hydrazone groups is 1. The summed E-state index contributed by atoms with van der Waals surface area (Å²) in [5.74, 6) is -0.705. The average Bonchev–Trinajstić information content (AvgIpc) is 3.01. The zero-order valence-corrected chi connectivity index (χ0v) is 17.9. The number of rotatable bonds is 5. The first kappa shape index (κ1) is 21.3. The fraction of sp³-hybridized carbons (Fsp3) is 0.174. The maximum atomic E-state index is 12.2. The molecule has 3 rings (SSSR count). The lowest BCUT2D eigenvalue weighted by atomic mass is 10.1. The number of benzene rings is 2. The average molecular weight is 424 g/mol. The van der Waals surface area contributed by atoms with Gasteiger partial charge in [-0.3, -0.25) is 4.79 Å². The molecule has 0 fully saturated rings. The number of hydrogen-bond acceptors (Lipinski definition) is 4. The molecule has 1 aromatic heterocycles. The van der Waals surface area contributed by atoms with Gasteiger partial charge in [-0.15, -0.1) is 0 Å². The first-order chi connectivity index (χ1) is 14.3. The van der Waals surface area contributed by atoms with Crippen LogP contribution < -0.4 is 5.43 Å². The van der Waals surface area contributed by atoms with Crippen molar-refractivity contribution in [3.63, 3.8) is 0 Å². The number of nitrogens with one attached hydrogen (secondary N) is 1. The van der Waals surface area contributed by atoms with E-state index < -0.39 is 0 Å². The minimum Gasteiger partial charge on any atom is -0.465 e. The fourth-order valence-electron chi connectivity index (χ4n) is 3.21. The van der Waals surface area contributed by atoms with Crippen LogP contribution >= 0.6 is 11.6 Å². The van der Waals surface area contributed by atoms with E-state index in [2.05, 4.69) is 10.5 Å². The largest absolute Gasteiger partial charge is 0.465 e. The van der Waals surface area contributed by atoms with E-state index in [0.29, 0.717) is 16.1 Å². The Balaban J connectivity index is 1.86. The van der Waals surface area contributed by atoms with Gasteiger partial charge in [-0.1, -0.05) is 17.7 Å². The molecule has 30 heavy (non-hydrogen) atoms. The molecular formula is C23H22ClN3O3. The molecule has 7 heteroatoms.